The third-order valence-corrected chi connectivity index (χ3v) is 5.07. The normalized spacial score (nSPS) is 18.3. The molecule has 0 aromatic heterocycles. The number of hydrogen-bond acceptors (Lipinski definition) is 5. The van der Waals surface area contributed by atoms with Crippen molar-refractivity contribution in [1.82, 2.24) is 5.01 Å². The van der Waals surface area contributed by atoms with Crippen molar-refractivity contribution in [3.63, 3.8) is 0 Å². The first-order chi connectivity index (χ1) is 15.0. The number of ether oxygens (including phenoxy) is 1. The molecule has 1 heterocycles. The molecule has 2 aromatic rings. The highest BCUT2D eigenvalue weighted by molar-refractivity contribution is 5.98. The van der Waals surface area contributed by atoms with Gasteiger partial charge in [-0.3, -0.25) is 4.79 Å². The second-order valence-corrected chi connectivity index (χ2v) is 8.56. The molecule has 2 aromatic carbocycles. The lowest BCUT2D eigenvalue weighted by molar-refractivity contribution is -0.161. The van der Waals surface area contributed by atoms with E-state index in [-0.39, 0.29) is 30.0 Å². The summed E-state index contributed by atoms with van der Waals surface area (Å²) in [6.45, 7) is 5.32. The standard InChI is InChI=1S/C23H25F2N3O4/c1-22(2,3)21(31)28-23(10-5-11-26,15-7-4-6-14(12-15)20(29)30)32-19(27-28)17-13-16(24)8-9-18(17)25/h4,6-9,12-13H,5,10-11,26H2,1-3H3,(H,29,30). The summed E-state index contributed by atoms with van der Waals surface area (Å²) in [5, 5.41) is 14.8. The lowest BCUT2D eigenvalue weighted by atomic mass is 9.90. The minimum Gasteiger partial charge on any atom is -0.478 e. The number of benzene rings is 2. The molecule has 0 fully saturated rings. The Morgan fingerprint density at radius 2 is 1.91 bits per heavy atom. The Hall–Kier alpha value is -3.33. The lowest BCUT2D eigenvalue weighted by Crippen LogP contribution is -2.49. The van der Waals surface area contributed by atoms with Gasteiger partial charge in [-0.1, -0.05) is 32.9 Å². The quantitative estimate of drug-likeness (QED) is 0.703. The summed E-state index contributed by atoms with van der Waals surface area (Å²) in [6.07, 6.45) is 0.540. The van der Waals surface area contributed by atoms with Crippen LogP contribution in [0.3, 0.4) is 0 Å². The third-order valence-electron chi connectivity index (χ3n) is 5.07. The van der Waals surface area contributed by atoms with Crippen LogP contribution in [0.15, 0.2) is 47.6 Å². The molecule has 1 unspecified atom stereocenters. The summed E-state index contributed by atoms with van der Waals surface area (Å²) >= 11 is 0. The highest BCUT2D eigenvalue weighted by Crippen LogP contribution is 2.43. The first kappa shape index (κ1) is 23.3. The van der Waals surface area contributed by atoms with Crippen LogP contribution in [-0.2, 0) is 15.3 Å². The van der Waals surface area contributed by atoms with Crippen LogP contribution in [0.2, 0.25) is 0 Å². The smallest absolute Gasteiger partial charge is 0.335 e. The second-order valence-electron chi connectivity index (χ2n) is 8.56. The van der Waals surface area contributed by atoms with Gasteiger partial charge in [0.25, 0.3) is 5.91 Å². The molecular formula is C23H25F2N3O4. The summed E-state index contributed by atoms with van der Waals surface area (Å²) in [6, 6.07) is 8.74. The van der Waals surface area contributed by atoms with Crippen molar-refractivity contribution < 1.29 is 28.2 Å². The molecular weight excluding hydrogens is 420 g/mol. The maximum Gasteiger partial charge on any atom is 0.335 e. The Morgan fingerprint density at radius 1 is 1.19 bits per heavy atom. The van der Waals surface area contributed by atoms with Crippen LogP contribution >= 0.6 is 0 Å². The number of hydrogen-bond donors (Lipinski definition) is 2. The summed E-state index contributed by atoms with van der Waals surface area (Å²) in [5.41, 5.74) is 3.30. The van der Waals surface area contributed by atoms with E-state index in [2.05, 4.69) is 5.10 Å². The monoisotopic (exact) mass is 445 g/mol. The molecule has 3 rings (SSSR count). The number of nitrogens with two attached hydrogens (primary N) is 1. The van der Waals surface area contributed by atoms with Crippen molar-refractivity contribution >= 4 is 17.8 Å². The summed E-state index contributed by atoms with van der Waals surface area (Å²) < 4.78 is 34.5. The predicted octanol–water partition coefficient (Wildman–Crippen LogP) is 3.82. The molecule has 0 aliphatic carbocycles. The van der Waals surface area contributed by atoms with Crippen molar-refractivity contribution in [2.24, 2.45) is 16.3 Å². The molecule has 0 saturated carbocycles. The molecule has 1 amide bonds. The molecule has 170 valence electrons. The minimum absolute atomic E-state index is 0.0215. The zero-order valence-corrected chi connectivity index (χ0v) is 18.1. The molecule has 9 heteroatoms. The molecule has 32 heavy (non-hydrogen) atoms. The fraction of sp³-hybridized carbons (Fsp3) is 0.348. The number of carboxylic acid groups (broad SMARTS) is 1. The van der Waals surface area contributed by atoms with Crippen LogP contribution in [0, 0.1) is 17.0 Å². The minimum atomic E-state index is -1.58. The van der Waals surface area contributed by atoms with Gasteiger partial charge in [-0.25, -0.2) is 13.6 Å². The topological polar surface area (TPSA) is 105 Å². The van der Waals surface area contributed by atoms with Crippen molar-refractivity contribution in [2.45, 2.75) is 39.3 Å². The molecule has 7 nitrogen and oxygen atoms in total. The first-order valence-corrected chi connectivity index (χ1v) is 10.1. The van der Waals surface area contributed by atoms with Crippen LogP contribution in [0.25, 0.3) is 0 Å². The summed E-state index contributed by atoms with van der Waals surface area (Å²) in [7, 11) is 0. The van der Waals surface area contributed by atoms with Crippen LogP contribution < -0.4 is 5.73 Å². The Balaban J connectivity index is 2.23. The van der Waals surface area contributed by atoms with Crippen molar-refractivity contribution in [2.75, 3.05) is 6.54 Å². The van der Waals surface area contributed by atoms with E-state index in [4.69, 9.17) is 10.5 Å². The van der Waals surface area contributed by atoms with Gasteiger partial charge in [-0.2, -0.15) is 5.01 Å². The maximum absolute atomic E-state index is 14.5. The van der Waals surface area contributed by atoms with E-state index >= 15 is 0 Å². The van der Waals surface area contributed by atoms with Gasteiger partial charge < -0.3 is 15.6 Å². The van der Waals surface area contributed by atoms with Gasteiger partial charge >= 0.3 is 5.97 Å². The number of carbonyl (C=O) groups is 2. The Morgan fingerprint density at radius 3 is 2.53 bits per heavy atom. The molecule has 0 spiro atoms. The van der Waals surface area contributed by atoms with E-state index in [0.717, 1.165) is 23.2 Å². The largest absolute Gasteiger partial charge is 0.478 e. The molecule has 0 radical (unpaired) electrons. The number of carboxylic acids is 1. The van der Waals surface area contributed by atoms with Gasteiger partial charge in [0.2, 0.25) is 11.6 Å². The molecule has 1 aliphatic heterocycles. The van der Waals surface area contributed by atoms with Crippen molar-refractivity contribution in [3.8, 4) is 0 Å². The van der Waals surface area contributed by atoms with Gasteiger partial charge in [0.15, 0.2) is 0 Å². The average Bonchev–Trinajstić information content (AvgIpc) is 3.13. The van der Waals surface area contributed by atoms with Crippen LogP contribution in [-0.4, -0.2) is 34.4 Å². The molecule has 0 saturated heterocycles. The van der Waals surface area contributed by atoms with Crippen LogP contribution in [0.4, 0.5) is 8.78 Å². The number of hydrazone groups is 1. The average molecular weight is 445 g/mol. The van der Waals surface area contributed by atoms with E-state index in [1.807, 2.05) is 0 Å². The van der Waals surface area contributed by atoms with Crippen LogP contribution in [0.5, 0.6) is 0 Å². The number of carbonyl (C=O) groups excluding carboxylic acids is 1. The molecule has 0 bridgehead atoms. The highest BCUT2D eigenvalue weighted by Gasteiger charge is 2.52. The van der Waals surface area contributed by atoms with Crippen LogP contribution in [0.1, 0.15) is 55.1 Å². The fourth-order valence-electron chi connectivity index (χ4n) is 3.41. The fourth-order valence-corrected chi connectivity index (χ4v) is 3.41. The highest BCUT2D eigenvalue weighted by atomic mass is 19.1. The third kappa shape index (κ3) is 4.34. The van der Waals surface area contributed by atoms with E-state index < -0.39 is 34.7 Å². The number of nitrogens with zero attached hydrogens (tertiary/aromatic N) is 2. The number of halogens is 2. The first-order valence-electron chi connectivity index (χ1n) is 10.1. The Bertz CT molecular complexity index is 1080. The van der Waals surface area contributed by atoms with Gasteiger partial charge in [-0.05, 0) is 43.3 Å². The van der Waals surface area contributed by atoms with E-state index in [1.54, 1.807) is 26.8 Å². The van der Waals surface area contributed by atoms with Crippen molar-refractivity contribution in [1.29, 1.82) is 0 Å². The van der Waals surface area contributed by atoms with E-state index in [9.17, 15) is 23.5 Å². The Kier molecular flexibility index (Phi) is 6.32. The number of rotatable bonds is 6. The second kappa shape index (κ2) is 8.66. The summed E-state index contributed by atoms with van der Waals surface area (Å²) in [5.74, 6) is -3.36. The number of aromatic carboxylic acids is 1. The maximum atomic E-state index is 14.5. The zero-order chi connectivity index (χ0) is 23.7. The lowest BCUT2D eigenvalue weighted by Gasteiger charge is -2.38. The Labute approximate surface area is 184 Å². The molecule has 3 N–H and O–H groups in total. The summed E-state index contributed by atoms with van der Waals surface area (Å²) in [4.78, 5) is 25.0. The zero-order valence-electron chi connectivity index (χ0n) is 18.1. The molecule has 1 aliphatic rings. The van der Waals surface area contributed by atoms with Gasteiger partial charge in [-0.15, -0.1) is 5.10 Å². The SMILES string of the molecule is CC(C)(C)C(=O)N1N=C(c2cc(F)ccc2F)OC1(CCCN)c1cccc(C(=O)O)c1. The predicted molar refractivity (Wildman–Crippen MR) is 114 cm³/mol. The van der Waals surface area contributed by atoms with Gasteiger partial charge in [0, 0.05) is 17.4 Å². The molecule has 1 atom stereocenters. The van der Waals surface area contributed by atoms with Gasteiger partial charge in [0.1, 0.15) is 11.6 Å². The van der Waals surface area contributed by atoms with E-state index in [0.29, 0.717) is 12.0 Å². The van der Waals surface area contributed by atoms with E-state index in [1.165, 1.54) is 18.2 Å². The number of amides is 1. The van der Waals surface area contributed by atoms with Crippen molar-refractivity contribution in [3.05, 3.63) is 70.8 Å². The van der Waals surface area contributed by atoms with Gasteiger partial charge in [0.05, 0.1) is 11.1 Å².